The van der Waals surface area contributed by atoms with Gasteiger partial charge in [0.2, 0.25) is 5.91 Å². The number of nitrogen functional groups attached to an aromatic ring is 1. The fraction of sp³-hybridized carbons (Fsp3) is 0.278. The Balaban J connectivity index is 1.59. The van der Waals surface area contributed by atoms with Crippen LogP contribution in [-0.4, -0.2) is 62.5 Å². The van der Waals surface area contributed by atoms with Crippen molar-refractivity contribution in [1.82, 2.24) is 24.5 Å². The number of amides is 2. The molecular weight excluding hydrogens is 379 g/mol. The second-order valence-corrected chi connectivity index (χ2v) is 6.64. The Kier molecular flexibility index (Phi) is 4.71. The predicted molar refractivity (Wildman–Crippen MR) is 104 cm³/mol. The van der Waals surface area contributed by atoms with Gasteiger partial charge in [0.25, 0.3) is 5.91 Å². The molecule has 3 aromatic heterocycles. The summed E-state index contributed by atoms with van der Waals surface area (Å²) in [5.41, 5.74) is 7.35. The Hall–Kier alpha value is -3.76. The number of fused-ring (bicyclic) bond motifs is 1. The van der Waals surface area contributed by atoms with Crippen LogP contribution in [0, 0.1) is 5.82 Å². The van der Waals surface area contributed by atoms with Crippen molar-refractivity contribution in [3.05, 3.63) is 42.2 Å². The largest absolute Gasteiger partial charge is 0.381 e. The molecule has 0 unspecified atom stereocenters. The summed E-state index contributed by atoms with van der Waals surface area (Å²) in [4.78, 5) is 36.3. The molecule has 0 saturated carbocycles. The number of anilines is 3. The van der Waals surface area contributed by atoms with Gasteiger partial charge in [-0.2, -0.15) is 0 Å². The van der Waals surface area contributed by atoms with Gasteiger partial charge < -0.3 is 20.9 Å². The van der Waals surface area contributed by atoms with E-state index in [-0.39, 0.29) is 22.9 Å². The number of carbonyl (C=O) groups is 2. The average molecular weight is 398 g/mol. The van der Waals surface area contributed by atoms with E-state index in [1.54, 1.807) is 30.3 Å². The lowest BCUT2D eigenvalue weighted by atomic mass is 10.2. The highest BCUT2D eigenvalue weighted by atomic mass is 19.1. The molecule has 0 aromatic carbocycles. The van der Waals surface area contributed by atoms with Crippen molar-refractivity contribution in [2.24, 2.45) is 0 Å². The van der Waals surface area contributed by atoms with Crippen molar-refractivity contribution in [3.8, 4) is 0 Å². The molecule has 1 fully saturated rings. The van der Waals surface area contributed by atoms with Crippen molar-refractivity contribution in [3.63, 3.8) is 0 Å². The molecule has 1 aliphatic heterocycles. The van der Waals surface area contributed by atoms with E-state index in [1.807, 2.05) is 0 Å². The summed E-state index contributed by atoms with van der Waals surface area (Å²) in [7, 11) is 0. The van der Waals surface area contributed by atoms with Crippen molar-refractivity contribution in [1.29, 1.82) is 0 Å². The first-order valence-corrected chi connectivity index (χ1v) is 8.99. The van der Waals surface area contributed by atoms with Gasteiger partial charge in [0.1, 0.15) is 5.56 Å². The summed E-state index contributed by atoms with van der Waals surface area (Å²) in [5, 5.41) is 6.74. The van der Waals surface area contributed by atoms with E-state index in [0.29, 0.717) is 31.9 Å². The topological polar surface area (TPSA) is 122 Å². The maximum Gasteiger partial charge on any atom is 0.263 e. The number of piperazine rings is 1. The molecule has 0 spiro atoms. The molecule has 0 radical (unpaired) electrons. The zero-order chi connectivity index (χ0) is 20.5. The van der Waals surface area contributed by atoms with Gasteiger partial charge >= 0.3 is 0 Å². The molecule has 0 bridgehead atoms. The molecule has 4 rings (SSSR count). The van der Waals surface area contributed by atoms with E-state index in [1.165, 1.54) is 0 Å². The highest BCUT2D eigenvalue weighted by molar-refractivity contribution is 6.12. The first kappa shape index (κ1) is 18.6. The van der Waals surface area contributed by atoms with E-state index in [0.717, 1.165) is 22.6 Å². The first-order chi connectivity index (χ1) is 13.9. The maximum absolute atomic E-state index is 13.4. The second-order valence-electron chi connectivity index (χ2n) is 6.64. The van der Waals surface area contributed by atoms with E-state index < -0.39 is 11.7 Å². The van der Waals surface area contributed by atoms with Gasteiger partial charge in [-0.05, 0) is 6.07 Å². The van der Waals surface area contributed by atoms with Crippen LogP contribution in [-0.2, 0) is 4.79 Å². The number of hydrogen-bond acceptors (Lipinski definition) is 7. The van der Waals surface area contributed by atoms with Crippen LogP contribution in [0.2, 0.25) is 0 Å². The van der Waals surface area contributed by atoms with Crippen molar-refractivity contribution in [2.75, 3.05) is 42.1 Å². The minimum Gasteiger partial charge on any atom is -0.381 e. The minimum atomic E-state index is -0.591. The number of hydrogen-bond donors (Lipinski definition) is 2. The standard InChI is InChI=1S/C18H19FN8O2/c1-11(28)25-4-6-26(7-5-25)14-2-3-21-9-13(14)23-18(29)15-16(20)24-27-10-12(19)8-22-17(15)27/h2-3,8-10H,4-7H2,1H3,(H2,20,24)(H,23,29). The highest BCUT2D eigenvalue weighted by Crippen LogP contribution is 2.27. The van der Waals surface area contributed by atoms with Crippen LogP contribution in [0.3, 0.4) is 0 Å². The van der Waals surface area contributed by atoms with E-state index in [4.69, 9.17) is 5.73 Å². The molecule has 10 nitrogen and oxygen atoms in total. The molecule has 2 amide bonds. The molecule has 3 aromatic rings. The molecular formula is C18H19FN8O2. The van der Waals surface area contributed by atoms with Gasteiger partial charge in [-0.3, -0.25) is 14.6 Å². The molecule has 3 N–H and O–H groups in total. The Morgan fingerprint density at radius 3 is 2.69 bits per heavy atom. The normalized spacial score (nSPS) is 14.3. The van der Waals surface area contributed by atoms with Gasteiger partial charge in [-0.25, -0.2) is 13.9 Å². The van der Waals surface area contributed by atoms with Gasteiger partial charge in [0, 0.05) is 39.3 Å². The lowest BCUT2D eigenvalue weighted by Crippen LogP contribution is -2.48. The van der Waals surface area contributed by atoms with Gasteiger partial charge in [-0.1, -0.05) is 0 Å². The van der Waals surface area contributed by atoms with Crippen molar-refractivity contribution in [2.45, 2.75) is 6.92 Å². The van der Waals surface area contributed by atoms with Crippen LogP contribution in [0.15, 0.2) is 30.9 Å². The Labute approximate surface area is 165 Å². The highest BCUT2D eigenvalue weighted by Gasteiger charge is 2.24. The first-order valence-electron chi connectivity index (χ1n) is 8.99. The zero-order valence-electron chi connectivity index (χ0n) is 15.7. The fourth-order valence-corrected chi connectivity index (χ4v) is 3.35. The van der Waals surface area contributed by atoms with E-state index in [9.17, 15) is 14.0 Å². The number of halogens is 1. The van der Waals surface area contributed by atoms with E-state index >= 15 is 0 Å². The van der Waals surface area contributed by atoms with Crippen LogP contribution in [0.5, 0.6) is 0 Å². The molecule has 4 heterocycles. The predicted octanol–water partition coefficient (Wildman–Crippen LogP) is 0.766. The number of nitrogens with one attached hydrogen (secondary N) is 1. The summed E-state index contributed by atoms with van der Waals surface area (Å²) in [6.07, 6.45) is 5.27. The summed E-state index contributed by atoms with van der Waals surface area (Å²) in [6.45, 7) is 4.01. The monoisotopic (exact) mass is 398 g/mol. The lowest BCUT2D eigenvalue weighted by molar-refractivity contribution is -0.129. The summed E-state index contributed by atoms with van der Waals surface area (Å²) in [6, 6.07) is 1.80. The molecule has 29 heavy (non-hydrogen) atoms. The third-order valence-electron chi connectivity index (χ3n) is 4.81. The zero-order valence-corrected chi connectivity index (χ0v) is 15.7. The maximum atomic E-state index is 13.4. The average Bonchev–Trinajstić information content (AvgIpc) is 3.03. The van der Waals surface area contributed by atoms with Crippen LogP contribution in [0.1, 0.15) is 17.3 Å². The molecule has 150 valence electrons. The third-order valence-corrected chi connectivity index (χ3v) is 4.81. The lowest BCUT2D eigenvalue weighted by Gasteiger charge is -2.36. The fourth-order valence-electron chi connectivity index (χ4n) is 3.35. The van der Waals surface area contributed by atoms with Crippen LogP contribution < -0.4 is 16.0 Å². The Bertz CT molecular complexity index is 1090. The smallest absolute Gasteiger partial charge is 0.263 e. The molecule has 0 atom stereocenters. The molecule has 1 aliphatic rings. The number of carbonyl (C=O) groups excluding carboxylic acids is 2. The van der Waals surface area contributed by atoms with Crippen LogP contribution >= 0.6 is 0 Å². The SMILES string of the molecule is CC(=O)N1CCN(c2ccncc2NC(=O)c2c(N)nn3cc(F)cnc23)CC1. The van der Waals surface area contributed by atoms with Gasteiger partial charge in [-0.15, -0.1) is 5.10 Å². The minimum absolute atomic E-state index is 0.0420. The summed E-state index contributed by atoms with van der Waals surface area (Å²) >= 11 is 0. The van der Waals surface area contributed by atoms with Gasteiger partial charge in [0.15, 0.2) is 17.3 Å². The number of aromatic nitrogens is 4. The van der Waals surface area contributed by atoms with Crippen LogP contribution in [0.4, 0.5) is 21.6 Å². The van der Waals surface area contributed by atoms with E-state index in [2.05, 4.69) is 25.3 Å². The molecule has 11 heteroatoms. The number of pyridine rings is 1. The van der Waals surface area contributed by atoms with Crippen molar-refractivity contribution < 1.29 is 14.0 Å². The third kappa shape index (κ3) is 3.53. The van der Waals surface area contributed by atoms with Crippen LogP contribution in [0.25, 0.3) is 5.65 Å². The van der Waals surface area contributed by atoms with Gasteiger partial charge in [0.05, 0.1) is 30.0 Å². The summed E-state index contributed by atoms with van der Waals surface area (Å²) < 4.78 is 14.5. The summed E-state index contributed by atoms with van der Waals surface area (Å²) in [5.74, 6) is -1.12. The Morgan fingerprint density at radius 2 is 1.97 bits per heavy atom. The second kappa shape index (κ2) is 7.34. The van der Waals surface area contributed by atoms with Crippen molar-refractivity contribution >= 4 is 34.7 Å². The quantitative estimate of drug-likeness (QED) is 0.668. The molecule has 0 aliphatic carbocycles. The number of nitrogens with two attached hydrogens (primary N) is 1. The number of rotatable bonds is 3. The molecule has 1 saturated heterocycles. The Morgan fingerprint density at radius 1 is 1.21 bits per heavy atom. The number of nitrogens with zero attached hydrogens (tertiary/aromatic N) is 6.